The Morgan fingerprint density at radius 1 is 0.630 bits per heavy atom. The van der Waals surface area contributed by atoms with Crippen molar-refractivity contribution in [1.82, 2.24) is 0 Å². The van der Waals surface area contributed by atoms with Crippen LogP contribution in [0.4, 0.5) is 0 Å². The third-order valence-electron chi connectivity index (χ3n) is 5.39. The summed E-state index contributed by atoms with van der Waals surface area (Å²) in [7, 11) is 0. The average Bonchev–Trinajstić information content (AvgIpc) is 2.71. The van der Waals surface area contributed by atoms with Crippen LogP contribution in [0.25, 0.3) is 10.8 Å². The summed E-state index contributed by atoms with van der Waals surface area (Å²) >= 11 is 0. The van der Waals surface area contributed by atoms with E-state index in [0.717, 1.165) is 24.2 Å². The monoisotopic (exact) mass is 367 g/mol. The van der Waals surface area contributed by atoms with Gasteiger partial charge in [0.2, 0.25) is 0 Å². The van der Waals surface area contributed by atoms with E-state index in [1.807, 2.05) is 6.07 Å². The van der Waals surface area contributed by atoms with E-state index in [0.29, 0.717) is 0 Å². The van der Waals surface area contributed by atoms with Crippen molar-refractivity contribution in [2.75, 3.05) is 6.61 Å². The largest absolute Gasteiger partial charge is 0.493 e. The van der Waals surface area contributed by atoms with Crippen LogP contribution in [0, 0.1) is 6.07 Å². The molecule has 0 amide bonds. The highest BCUT2D eigenvalue weighted by atomic mass is 16.5. The van der Waals surface area contributed by atoms with Crippen molar-refractivity contribution in [3.8, 4) is 5.75 Å². The second kappa shape index (κ2) is 14.5. The summed E-state index contributed by atoms with van der Waals surface area (Å²) in [5.74, 6) is 0.878. The van der Waals surface area contributed by atoms with Crippen molar-refractivity contribution in [1.29, 1.82) is 0 Å². The Morgan fingerprint density at radius 2 is 1.19 bits per heavy atom. The van der Waals surface area contributed by atoms with Gasteiger partial charge in [0.1, 0.15) is 5.75 Å². The van der Waals surface area contributed by atoms with Crippen LogP contribution in [0.2, 0.25) is 0 Å². The Balaban J connectivity index is 1.37. The van der Waals surface area contributed by atoms with E-state index in [-0.39, 0.29) is 0 Å². The van der Waals surface area contributed by atoms with E-state index in [1.54, 1.807) is 0 Å². The van der Waals surface area contributed by atoms with E-state index in [4.69, 9.17) is 4.74 Å². The van der Waals surface area contributed by atoms with Gasteiger partial charge in [-0.1, -0.05) is 121 Å². The molecule has 0 unspecified atom stereocenters. The maximum atomic E-state index is 5.87. The zero-order valence-corrected chi connectivity index (χ0v) is 17.5. The van der Waals surface area contributed by atoms with Crippen LogP contribution in [0.5, 0.6) is 5.75 Å². The lowest BCUT2D eigenvalue weighted by Gasteiger charge is -2.07. The predicted octanol–water partition coefficient (Wildman–Crippen LogP) is 8.50. The molecule has 2 aromatic rings. The molecule has 2 aromatic carbocycles. The third-order valence-corrected chi connectivity index (χ3v) is 5.39. The Labute approximate surface area is 167 Å². The fourth-order valence-corrected chi connectivity index (χ4v) is 3.66. The van der Waals surface area contributed by atoms with Gasteiger partial charge in [0, 0.05) is 6.07 Å². The van der Waals surface area contributed by atoms with Crippen LogP contribution in [-0.4, -0.2) is 6.61 Å². The van der Waals surface area contributed by atoms with Gasteiger partial charge in [0.15, 0.2) is 0 Å². The number of benzene rings is 2. The lowest BCUT2D eigenvalue weighted by atomic mass is 10.0. The molecule has 1 nitrogen and oxygen atoms in total. The first-order valence-corrected chi connectivity index (χ1v) is 11.4. The van der Waals surface area contributed by atoms with E-state index >= 15 is 0 Å². The van der Waals surface area contributed by atoms with E-state index in [2.05, 4.69) is 43.3 Å². The lowest BCUT2D eigenvalue weighted by Crippen LogP contribution is -1.97. The molecule has 0 saturated carbocycles. The van der Waals surface area contributed by atoms with Crippen LogP contribution in [0.15, 0.2) is 36.4 Å². The number of rotatable bonds is 16. The quantitative estimate of drug-likeness (QED) is 0.270. The standard InChI is InChI=1S/C26H39O/c1-2-3-4-5-6-7-8-9-10-11-12-13-14-17-22-27-26-21-20-24-18-15-16-19-25(24)23-26/h15-16,18-21H,2-14,17,22H2,1H3. The zero-order chi connectivity index (χ0) is 19.0. The molecule has 0 heterocycles. The van der Waals surface area contributed by atoms with Crippen molar-refractivity contribution >= 4 is 10.8 Å². The Morgan fingerprint density at radius 3 is 1.81 bits per heavy atom. The lowest BCUT2D eigenvalue weighted by molar-refractivity contribution is 0.304. The third kappa shape index (κ3) is 9.84. The number of fused-ring (bicyclic) bond motifs is 1. The molecule has 0 aliphatic heterocycles. The fraction of sp³-hybridized carbons (Fsp3) is 0.615. The van der Waals surface area contributed by atoms with Gasteiger partial charge in [0.05, 0.1) is 6.61 Å². The molecule has 1 radical (unpaired) electrons. The predicted molar refractivity (Wildman–Crippen MR) is 119 cm³/mol. The van der Waals surface area contributed by atoms with Crippen molar-refractivity contribution in [3.63, 3.8) is 0 Å². The van der Waals surface area contributed by atoms with Gasteiger partial charge in [0.25, 0.3) is 0 Å². The fourth-order valence-electron chi connectivity index (χ4n) is 3.66. The highest BCUT2D eigenvalue weighted by molar-refractivity contribution is 5.83. The van der Waals surface area contributed by atoms with Crippen LogP contribution >= 0.6 is 0 Å². The number of hydrogen-bond acceptors (Lipinski definition) is 1. The van der Waals surface area contributed by atoms with Gasteiger partial charge in [-0.2, -0.15) is 0 Å². The summed E-state index contributed by atoms with van der Waals surface area (Å²) in [4.78, 5) is 0. The van der Waals surface area contributed by atoms with Crippen molar-refractivity contribution in [2.45, 2.75) is 96.8 Å². The Hall–Kier alpha value is -1.50. The second-order valence-electron chi connectivity index (χ2n) is 7.85. The van der Waals surface area contributed by atoms with E-state index < -0.39 is 0 Å². The van der Waals surface area contributed by atoms with Crippen molar-refractivity contribution in [2.24, 2.45) is 0 Å². The molecule has 0 spiro atoms. The van der Waals surface area contributed by atoms with Gasteiger partial charge in [-0.3, -0.25) is 0 Å². The topological polar surface area (TPSA) is 9.23 Å². The summed E-state index contributed by atoms with van der Waals surface area (Å²) in [5, 5.41) is 2.36. The molecule has 149 valence electrons. The Kier molecular flexibility index (Phi) is 11.7. The maximum Gasteiger partial charge on any atom is 0.127 e. The van der Waals surface area contributed by atoms with Gasteiger partial charge in [-0.05, 0) is 23.3 Å². The highest BCUT2D eigenvalue weighted by Gasteiger charge is 1.98. The van der Waals surface area contributed by atoms with Crippen LogP contribution in [-0.2, 0) is 0 Å². The highest BCUT2D eigenvalue weighted by Crippen LogP contribution is 2.20. The first kappa shape index (κ1) is 21.8. The normalized spacial score (nSPS) is 11.1. The van der Waals surface area contributed by atoms with Crippen molar-refractivity contribution in [3.05, 3.63) is 42.5 Å². The SMILES string of the molecule is CCCCCCCCCCCCCCCCOc1[c]c2ccccc2cc1. The van der Waals surface area contributed by atoms with Gasteiger partial charge in [-0.15, -0.1) is 0 Å². The smallest absolute Gasteiger partial charge is 0.127 e. The minimum Gasteiger partial charge on any atom is -0.493 e. The van der Waals surface area contributed by atoms with Crippen LogP contribution in [0.3, 0.4) is 0 Å². The average molecular weight is 368 g/mol. The summed E-state index contributed by atoms with van der Waals surface area (Å²) < 4.78 is 5.87. The van der Waals surface area contributed by atoms with E-state index in [1.165, 1.54) is 88.9 Å². The molecule has 27 heavy (non-hydrogen) atoms. The number of ether oxygens (including phenoxy) is 1. The molecule has 2 rings (SSSR count). The minimum atomic E-state index is 0.812. The van der Waals surface area contributed by atoms with Crippen LogP contribution in [0.1, 0.15) is 96.8 Å². The van der Waals surface area contributed by atoms with Gasteiger partial charge < -0.3 is 4.74 Å². The van der Waals surface area contributed by atoms with Crippen molar-refractivity contribution < 1.29 is 4.74 Å². The first-order chi connectivity index (χ1) is 13.4. The molecule has 0 aliphatic rings. The molecule has 0 fully saturated rings. The minimum absolute atomic E-state index is 0.812. The molecule has 0 bridgehead atoms. The number of unbranched alkanes of at least 4 members (excludes halogenated alkanes) is 13. The molecular weight excluding hydrogens is 328 g/mol. The summed E-state index contributed by atoms with van der Waals surface area (Å²) in [5.41, 5.74) is 0. The molecule has 0 aliphatic carbocycles. The maximum absolute atomic E-state index is 5.87. The number of hydrogen-bond donors (Lipinski definition) is 0. The summed E-state index contributed by atoms with van der Waals surface area (Å²) in [6.45, 7) is 3.10. The summed E-state index contributed by atoms with van der Waals surface area (Å²) in [6, 6.07) is 15.8. The molecule has 0 aromatic heterocycles. The van der Waals surface area contributed by atoms with Crippen LogP contribution < -0.4 is 4.74 Å². The van der Waals surface area contributed by atoms with E-state index in [9.17, 15) is 0 Å². The zero-order valence-electron chi connectivity index (χ0n) is 17.5. The molecular formula is C26H39O. The molecule has 0 atom stereocenters. The Bertz CT molecular complexity index is 604. The molecule has 1 heteroatoms. The van der Waals surface area contributed by atoms with Gasteiger partial charge >= 0.3 is 0 Å². The summed E-state index contributed by atoms with van der Waals surface area (Å²) in [6.07, 6.45) is 19.5. The molecule has 0 saturated heterocycles. The second-order valence-corrected chi connectivity index (χ2v) is 7.85. The first-order valence-electron chi connectivity index (χ1n) is 11.4. The molecule has 0 N–H and O–H groups in total. The van der Waals surface area contributed by atoms with Gasteiger partial charge in [-0.25, -0.2) is 0 Å².